The number of alkyl halides is 3. The minimum atomic E-state index is -4.73. The third-order valence-corrected chi connectivity index (χ3v) is 5.40. The van der Waals surface area contributed by atoms with Crippen LogP contribution < -0.4 is 21.1 Å². The average molecular weight is 559 g/mol. The molecule has 0 fully saturated rings. The number of alkyl carbamates (subject to hydrolysis) is 1. The molecule has 3 amide bonds. The number of aromatic nitrogens is 1. The molecule has 0 bridgehead atoms. The van der Waals surface area contributed by atoms with Crippen LogP contribution in [0.3, 0.4) is 0 Å². The summed E-state index contributed by atoms with van der Waals surface area (Å²) >= 11 is 5.76. The van der Waals surface area contributed by atoms with Crippen molar-refractivity contribution in [3.63, 3.8) is 0 Å². The molecule has 0 aliphatic carbocycles. The van der Waals surface area contributed by atoms with Crippen LogP contribution in [0.5, 0.6) is 5.75 Å². The number of amides is 3. The van der Waals surface area contributed by atoms with Gasteiger partial charge in [0.15, 0.2) is 0 Å². The van der Waals surface area contributed by atoms with Gasteiger partial charge >= 0.3 is 12.3 Å². The molecule has 38 heavy (non-hydrogen) atoms. The maximum absolute atomic E-state index is 13.8. The van der Waals surface area contributed by atoms with Gasteiger partial charge < -0.3 is 25.8 Å². The van der Waals surface area contributed by atoms with Crippen molar-refractivity contribution in [1.82, 2.24) is 10.3 Å². The van der Waals surface area contributed by atoms with Crippen LogP contribution in [0.15, 0.2) is 30.5 Å². The van der Waals surface area contributed by atoms with Crippen molar-refractivity contribution in [2.24, 2.45) is 11.7 Å². The second-order valence-corrected chi connectivity index (χ2v) is 9.92. The maximum Gasteiger partial charge on any atom is 0.419 e. The zero-order valence-electron chi connectivity index (χ0n) is 21.5. The third kappa shape index (κ3) is 8.79. The van der Waals surface area contributed by atoms with Gasteiger partial charge in [-0.25, -0.2) is 9.78 Å². The minimum Gasteiger partial charge on any atom is -0.493 e. The van der Waals surface area contributed by atoms with Gasteiger partial charge in [-0.2, -0.15) is 13.2 Å². The van der Waals surface area contributed by atoms with Gasteiger partial charge in [0.05, 0.1) is 35.7 Å². The van der Waals surface area contributed by atoms with Gasteiger partial charge in [0, 0.05) is 11.5 Å². The smallest absolute Gasteiger partial charge is 0.419 e. The van der Waals surface area contributed by atoms with E-state index in [2.05, 4.69) is 15.6 Å². The predicted molar refractivity (Wildman–Crippen MR) is 135 cm³/mol. The van der Waals surface area contributed by atoms with Crippen LogP contribution in [-0.2, 0) is 15.7 Å². The quantitative estimate of drug-likeness (QED) is 0.349. The number of nitrogens with one attached hydrogen (secondary N) is 2. The normalized spacial score (nSPS) is 13.3. The van der Waals surface area contributed by atoms with E-state index in [0.717, 1.165) is 6.07 Å². The number of para-hydroxylation sites is 1. The number of nitrogens with two attached hydrogens (primary N) is 1. The topological polar surface area (TPSA) is 133 Å². The summed E-state index contributed by atoms with van der Waals surface area (Å²) < 4.78 is 52.0. The van der Waals surface area contributed by atoms with Crippen molar-refractivity contribution in [3.05, 3.63) is 52.3 Å². The van der Waals surface area contributed by atoms with E-state index in [-0.39, 0.29) is 35.0 Å². The highest BCUT2D eigenvalue weighted by atomic mass is 35.5. The number of hydrogen-bond donors (Lipinski definition) is 3. The molecule has 2 atom stereocenters. The van der Waals surface area contributed by atoms with Crippen LogP contribution in [0.1, 0.15) is 68.6 Å². The fourth-order valence-corrected chi connectivity index (χ4v) is 3.46. The summed E-state index contributed by atoms with van der Waals surface area (Å²) in [6.45, 7) is 7.76. The Balaban J connectivity index is 2.16. The largest absolute Gasteiger partial charge is 0.493 e. The summed E-state index contributed by atoms with van der Waals surface area (Å²) in [6.07, 6.45) is -4.33. The second-order valence-electron chi connectivity index (χ2n) is 9.53. The molecule has 208 valence electrons. The van der Waals surface area contributed by atoms with Crippen LogP contribution in [0.2, 0.25) is 5.15 Å². The molecule has 2 aromatic rings. The van der Waals surface area contributed by atoms with E-state index in [9.17, 15) is 27.6 Å². The number of hydrogen-bond acceptors (Lipinski definition) is 6. The van der Waals surface area contributed by atoms with E-state index in [1.165, 1.54) is 38.2 Å². The Morgan fingerprint density at radius 2 is 1.82 bits per heavy atom. The highest BCUT2D eigenvalue weighted by Crippen LogP contribution is 2.40. The first-order valence-corrected chi connectivity index (χ1v) is 12.0. The molecule has 0 saturated carbocycles. The molecular weight excluding hydrogens is 529 g/mol. The van der Waals surface area contributed by atoms with E-state index >= 15 is 0 Å². The predicted octanol–water partition coefficient (Wildman–Crippen LogP) is 5.48. The van der Waals surface area contributed by atoms with Crippen LogP contribution in [0.25, 0.3) is 0 Å². The number of benzene rings is 1. The first-order valence-electron chi connectivity index (χ1n) is 11.6. The number of carbonyl (C=O) groups excluding carboxylic acids is 3. The monoisotopic (exact) mass is 558 g/mol. The van der Waals surface area contributed by atoms with Crippen molar-refractivity contribution in [1.29, 1.82) is 0 Å². The molecule has 1 aromatic heterocycles. The highest BCUT2D eigenvalue weighted by Gasteiger charge is 2.36. The van der Waals surface area contributed by atoms with Crippen molar-refractivity contribution in [2.45, 2.75) is 58.9 Å². The SMILES string of the molecule is CC(CCOc1c([C@@H](C)NC(=O)OC(C)(C)C)cccc1C(F)(F)F)C(=O)Nc1cnc(Cl)cc1C(N)=O. The van der Waals surface area contributed by atoms with Gasteiger partial charge in [0.1, 0.15) is 16.5 Å². The summed E-state index contributed by atoms with van der Waals surface area (Å²) in [5.74, 6) is -2.56. The van der Waals surface area contributed by atoms with Gasteiger partial charge in [-0.3, -0.25) is 9.59 Å². The number of nitrogens with zero attached hydrogens (tertiary/aromatic N) is 1. The van der Waals surface area contributed by atoms with Gasteiger partial charge in [-0.05, 0) is 46.2 Å². The fraction of sp³-hybridized carbons (Fsp3) is 0.440. The van der Waals surface area contributed by atoms with Gasteiger partial charge in [0.2, 0.25) is 5.91 Å². The molecule has 13 heteroatoms. The summed E-state index contributed by atoms with van der Waals surface area (Å²) in [5.41, 5.74) is 3.57. The Kier molecular flexibility index (Phi) is 9.96. The standard InChI is InChI=1S/C25H30ClF3N4O5/c1-13(22(35)33-18-12-31-19(26)11-16(18)21(30)34)9-10-37-20-15(7-6-8-17(20)25(27,28)29)14(2)32-23(36)38-24(3,4)5/h6-8,11-14H,9-10H2,1-5H3,(H2,30,34)(H,32,36)(H,33,35)/t13?,14-/m1/s1. The number of halogens is 4. The lowest BCUT2D eigenvalue weighted by Gasteiger charge is -2.24. The van der Waals surface area contributed by atoms with Crippen LogP contribution in [-0.4, -0.2) is 35.1 Å². The molecular formula is C25H30ClF3N4O5. The number of anilines is 1. The number of primary amides is 1. The Hall–Kier alpha value is -3.54. The third-order valence-electron chi connectivity index (χ3n) is 5.19. The van der Waals surface area contributed by atoms with E-state index in [1.807, 2.05) is 0 Å². The number of ether oxygens (including phenoxy) is 2. The first-order chi connectivity index (χ1) is 17.5. The lowest BCUT2D eigenvalue weighted by Crippen LogP contribution is -2.34. The Morgan fingerprint density at radius 3 is 2.39 bits per heavy atom. The average Bonchev–Trinajstić information content (AvgIpc) is 2.77. The molecule has 0 radical (unpaired) electrons. The number of rotatable bonds is 9. The minimum absolute atomic E-state index is 0.00719. The van der Waals surface area contributed by atoms with Crippen LogP contribution in [0, 0.1) is 5.92 Å². The molecule has 1 unspecified atom stereocenters. The van der Waals surface area contributed by atoms with Crippen LogP contribution in [0.4, 0.5) is 23.7 Å². The highest BCUT2D eigenvalue weighted by molar-refractivity contribution is 6.30. The van der Waals surface area contributed by atoms with Crippen LogP contribution >= 0.6 is 11.6 Å². The number of carbonyl (C=O) groups is 3. The van der Waals surface area contributed by atoms with Crippen molar-refractivity contribution < 1.29 is 37.0 Å². The molecule has 1 heterocycles. The van der Waals surface area contributed by atoms with Crippen molar-refractivity contribution >= 4 is 35.2 Å². The molecule has 0 saturated heterocycles. The van der Waals surface area contributed by atoms with Gasteiger partial charge in [0.25, 0.3) is 5.91 Å². The molecule has 0 aliphatic rings. The van der Waals surface area contributed by atoms with E-state index < -0.39 is 53.0 Å². The second kappa shape index (κ2) is 12.3. The molecule has 0 spiro atoms. The summed E-state index contributed by atoms with van der Waals surface area (Å²) in [6, 6.07) is 3.81. The van der Waals surface area contributed by atoms with Crippen molar-refractivity contribution in [3.8, 4) is 5.75 Å². The Morgan fingerprint density at radius 1 is 1.16 bits per heavy atom. The maximum atomic E-state index is 13.8. The van der Waals surface area contributed by atoms with E-state index in [0.29, 0.717) is 0 Å². The lowest BCUT2D eigenvalue weighted by molar-refractivity contribution is -0.139. The first kappa shape index (κ1) is 30.7. The van der Waals surface area contributed by atoms with Gasteiger partial charge in [-0.15, -0.1) is 0 Å². The molecule has 2 rings (SSSR count). The zero-order valence-corrected chi connectivity index (χ0v) is 22.3. The Bertz CT molecular complexity index is 1180. The zero-order chi connectivity index (χ0) is 28.8. The summed E-state index contributed by atoms with van der Waals surface area (Å²) in [4.78, 5) is 40.2. The lowest BCUT2D eigenvalue weighted by atomic mass is 10.0. The van der Waals surface area contributed by atoms with E-state index in [4.69, 9.17) is 26.8 Å². The molecule has 9 nitrogen and oxygen atoms in total. The fourth-order valence-electron chi connectivity index (χ4n) is 3.30. The van der Waals surface area contributed by atoms with Gasteiger partial charge in [-0.1, -0.05) is 30.7 Å². The molecule has 1 aromatic carbocycles. The van der Waals surface area contributed by atoms with E-state index in [1.54, 1.807) is 20.8 Å². The number of pyridine rings is 1. The summed E-state index contributed by atoms with van der Waals surface area (Å²) in [7, 11) is 0. The summed E-state index contributed by atoms with van der Waals surface area (Å²) in [5, 5.41) is 5.03. The van der Waals surface area contributed by atoms with Crippen molar-refractivity contribution in [2.75, 3.05) is 11.9 Å². The Labute approximate surface area is 223 Å². The molecule has 4 N–H and O–H groups in total. The molecule has 0 aliphatic heterocycles.